The minimum absolute atomic E-state index is 0.142. The van der Waals surface area contributed by atoms with Crippen LogP contribution in [0.1, 0.15) is 16.2 Å². The number of anilines is 2. The molecule has 1 fully saturated rings. The summed E-state index contributed by atoms with van der Waals surface area (Å²) in [5, 5.41) is 14.7. The molecule has 0 amide bonds. The second-order valence-corrected chi connectivity index (χ2v) is 7.91. The fraction of sp³-hybridized carbons (Fsp3) is 0.304. The summed E-state index contributed by atoms with van der Waals surface area (Å²) in [4.78, 5) is 32.2. The Morgan fingerprint density at radius 3 is 2.52 bits per heavy atom. The monoisotopic (exact) mass is 452 g/mol. The number of hydrogen-bond donors (Lipinski definition) is 1. The number of carbonyl (C=O) groups is 1. The molecule has 2 aromatic carbocycles. The molecule has 1 saturated heterocycles. The van der Waals surface area contributed by atoms with E-state index in [-0.39, 0.29) is 28.7 Å². The van der Waals surface area contributed by atoms with Gasteiger partial charge in [-0.15, -0.1) is 0 Å². The van der Waals surface area contributed by atoms with Crippen molar-refractivity contribution < 1.29 is 14.1 Å². The summed E-state index contributed by atoms with van der Waals surface area (Å²) in [6, 6.07) is 10.9. The number of hydrogen-bond acceptors (Lipinski definition) is 7. The maximum absolute atomic E-state index is 13.1. The van der Waals surface area contributed by atoms with Crippen LogP contribution in [0.3, 0.4) is 0 Å². The third-order valence-electron chi connectivity index (χ3n) is 5.79. The largest absolute Gasteiger partial charge is 0.378 e. The second-order valence-electron chi connectivity index (χ2n) is 7.91. The topological polar surface area (TPSA) is 96.5 Å². The molecular weight excluding hydrogens is 427 g/mol. The highest BCUT2D eigenvalue weighted by Crippen LogP contribution is 2.26. The summed E-state index contributed by atoms with van der Waals surface area (Å²) in [5.74, 6) is -0.382. The highest BCUT2D eigenvalue weighted by Gasteiger charge is 2.21. The van der Waals surface area contributed by atoms with Crippen LogP contribution in [0.15, 0.2) is 54.9 Å². The van der Waals surface area contributed by atoms with E-state index in [1.54, 1.807) is 42.1 Å². The molecule has 0 saturated carbocycles. The van der Waals surface area contributed by atoms with E-state index in [4.69, 9.17) is 0 Å². The summed E-state index contributed by atoms with van der Waals surface area (Å²) in [6.45, 7) is 4.61. The first-order chi connectivity index (χ1) is 15.9. The van der Waals surface area contributed by atoms with Gasteiger partial charge in [-0.2, -0.15) is 0 Å². The number of piperazine rings is 1. The number of imidazole rings is 1. The summed E-state index contributed by atoms with van der Waals surface area (Å²) in [6.07, 6.45) is 3.16. The fourth-order valence-electron chi connectivity index (χ4n) is 3.92. The van der Waals surface area contributed by atoms with Crippen molar-refractivity contribution in [1.29, 1.82) is 0 Å². The summed E-state index contributed by atoms with van der Waals surface area (Å²) in [5.41, 5.74) is 1.46. The molecule has 9 nitrogen and oxygen atoms in total. The van der Waals surface area contributed by atoms with E-state index in [0.717, 1.165) is 38.4 Å². The van der Waals surface area contributed by atoms with Gasteiger partial charge < -0.3 is 14.8 Å². The Balaban J connectivity index is 1.33. The van der Waals surface area contributed by atoms with Crippen LogP contribution in [0.2, 0.25) is 0 Å². The van der Waals surface area contributed by atoms with E-state index in [1.807, 2.05) is 0 Å². The van der Waals surface area contributed by atoms with E-state index < -0.39 is 4.92 Å². The molecule has 0 atom stereocenters. The maximum Gasteiger partial charge on any atom is 0.293 e. The lowest BCUT2D eigenvalue weighted by Gasteiger charge is -2.36. The lowest BCUT2D eigenvalue weighted by Crippen LogP contribution is -2.47. The van der Waals surface area contributed by atoms with Gasteiger partial charge in [-0.05, 0) is 36.4 Å². The molecule has 4 rings (SSSR count). The molecule has 1 aliphatic rings. The highest BCUT2D eigenvalue weighted by atomic mass is 19.1. The van der Waals surface area contributed by atoms with Crippen LogP contribution in [-0.4, -0.2) is 64.4 Å². The first-order valence-electron chi connectivity index (χ1n) is 10.7. The number of nitro groups is 1. The smallest absolute Gasteiger partial charge is 0.293 e. The van der Waals surface area contributed by atoms with Gasteiger partial charge in [-0.3, -0.25) is 19.8 Å². The molecule has 0 aliphatic carbocycles. The molecule has 3 aromatic rings. The molecule has 0 unspecified atom stereocenters. The minimum atomic E-state index is -0.487. The van der Waals surface area contributed by atoms with Gasteiger partial charge in [0, 0.05) is 76.0 Å². The van der Waals surface area contributed by atoms with Crippen molar-refractivity contribution in [3.05, 3.63) is 82.2 Å². The number of rotatable bonds is 8. The third-order valence-corrected chi connectivity index (χ3v) is 5.79. The zero-order chi connectivity index (χ0) is 23.4. The molecule has 1 N–H and O–H groups in total. The Kier molecular flexibility index (Phi) is 6.64. The van der Waals surface area contributed by atoms with Gasteiger partial charge in [0.05, 0.1) is 4.92 Å². The first kappa shape index (κ1) is 22.4. The van der Waals surface area contributed by atoms with Gasteiger partial charge in [0.25, 0.3) is 5.69 Å². The second kappa shape index (κ2) is 9.78. The molecule has 1 aromatic heterocycles. The lowest BCUT2D eigenvalue weighted by molar-refractivity contribution is -0.384. The van der Waals surface area contributed by atoms with Crippen molar-refractivity contribution in [3.63, 3.8) is 0 Å². The average Bonchev–Trinajstić information content (AvgIpc) is 3.25. The number of ketones is 1. The van der Waals surface area contributed by atoms with E-state index in [2.05, 4.69) is 20.1 Å². The van der Waals surface area contributed by atoms with Crippen LogP contribution < -0.4 is 10.2 Å². The number of aromatic nitrogens is 2. The third kappa shape index (κ3) is 5.17. The normalized spacial score (nSPS) is 14.3. The molecule has 0 spiro atoms. The molecule has 172 valence electrons. The van der Waals surface area contributed by atoms with E-state index in [0.29, 0.717) is 12.2 Å². The molecule has 0 bridgehead atoms. The Bertz CT molecular complexity index is 1140. The van der Waals surface area contributed by atoms with Gasteiger partial charge >= 0.3 is 0 Å². The number of carbonyl (C=O) groups excluding carboxylic acids is 1. The predicted molar refractivity (Wildman–Crippen MR) is 123 cm³/mol. The molecule has 0 radical (unpaired) electrons. The van der Waals surface area contributed by atoms with Crippen LogP contribution in [-0.2, 0) is 7.05 Å². The van der Waals surface area contributed by atoms with E-state index >= 15 is 0 Å². The quantitative estimate of drug-likeness (QED) is 0.319. The van der Waals surface area contributed by atoms with Crippen LogP contribution in [0.4, 0.5) is 21.5 Å². The Morgan fingerprint density at radius 1 is 1.15 bits per heavy atom. The van der Waals surface area contributed by atoms with Crippen LogP contribution in [0.25, 0.3) is 0 Å². The molecular formula is C23H25FN6O3. The van der Waals surface area contributed by atoms with Crippen LogP contribution >= 0.6 is 0 Å². The highest BCUT2D eigenvalue weighted by molar-refractivity contribution is 6.07. The number of aryl methyl sites for hydroxylation is 1. The fourth-order valence-corrected chi connectivity index (χ4v) is 3.92. The molecule has 10 heteroatoms. The Morgan fingerprint density at radius 2 is 1.88 bits per heavy atom. The summed E-state index contributed by atoms with van der Waals surface area (Å²) >= 11 is 0. The van der Waals surface area contributed by atoms with Crippen molar-refractivity contribution in [3.8, 4) is 0 Å². The van der Waals surface area contributed by atoms with Crippen molar-refractivity contribution in [2.24, 2.45) is 7.05 Å². The number of nitrogens with one attached hydrogen (secondary N) is 1. The zero-order valence-corrected chi connectivity index (χ0v) is 18.3. The zero-order valence-electron chi connectivity index (χ0n) is 18.3. The van der Waals surface area contributed by atoms with Crippen molar-refractivity contribution in [2.45, 2.75) is 0 Å². The molecule has 33 heavy (non-hydrogen) atoms. The van der Waals surface area contributed by atoms with E-state index in [1.165, 1.54) is 24.4 Å². The molecule has 2 heterocycles. The number of nitro benzene ring substituents is 1. The predicted octanol–water partition coefficient (Wildman–Crippen LogP) is 2.93. The van der Waals surface area contributed by atoms with Gasteiger partial charge in [0.2, 0.25) is 5.78 Å². The van der Waals surface area contributed by atoms with Crippen LogP contribution in [0, 0.1) is 15.9 Å². The van der Waals surface area contributed by atoms with Gasteiger partial charge in [-0.25, -0.2) is 9.37 Å². The maximum atomic E-state index is 13.1. The molecule has 1 aliphatic heterocycles. The first-order valence-corrected chi connectivity index (χ1v) is 10.7. The van der Waals surface area contributed by atoms with Crippen molar-refractivity contribution in [1.82, 2.24) is 14.5 Å². The van der Waals surface area contributed by atoms with Crippen molar-refractivity contribution in [2.75, 3.05) is 49.5 Å². The Hall–Kier alpha value is -3.79. The summed E-state index contributed by atoms with van der Waals surface area (Å²) in [7, 11) is 1.70. The SMILES string of the molecule is Cn1ccnc1C(=O)c1ccc(NCCN2CCN(c3ccc(F)cc3)CC2)c([N+](=O)[O-])c1. The average molecular weight is 452 g/mol. The summed E-state index contributed by atoms with van der Waals surface area (Å²) < 4.78 is 14.7. The van der Waals surface area contributed by atoms with E-state index in [9.17, 15) is 19.3 Å². The number of halogens is 1. The standard InChI is InChI=1S/C23H25FN6O3/c1-27-10-8-26-23(27)22(31)17-2-7-20(21(16-17)30(32)33)25-9-11-28-12-14-29(15-13-28)19-5-3-18(24)4-6-19/h2-8,10,16,25H,9,11-15H2,1H3. The lowest BCUT2D eigenvalue weighted by atomic mass is 10.1. The Labute approximate surface area is 190 Å². The number of nitrogens with zero attached hydrogens (tertiary/aromatic N) is 5. The van der Waals surface area contributed by atoms with Gasteiger partial charge in [-0.1, -0.05) is 0 Å². The van der Waals surface area contributed by atoms with Gasteiger partial charge in [0.15, 0.2) is 5.82 Å². The van der Waals surface area contributed by atoms with Crippen LogP contribution in [0.5, 0.6) is 0 Å². The van der Waals surface area contributed by atoms with Gasteiger partial charge in [0.1, 0.15) is 11.5 Å². The van der Waals surface area contributed by atoms with Crippen molar-refractivity contribution >= 4 is 22.8 Å². The minimum Gasteiger partial charge on any atom is -0.378 e. The number of benzene rings is 2.